The second kappa shape index (κ2) is 7.73. The number of rotatable bonds is 7. The summed E-state index contributed by atoms with van der Waals surface area (Å²) in [6.07, 6.45) is 3.58. The fourth-order valence-corrected chi connectivity index (χ4v) is 2.49. The molecular weight excluding hydrogens is 226 g/mol. The molecule has 0 aromatic carbocycles. The first-order valence-corrected chi connectivity index (χ1v) is 7.13. The van der Waals surface area contributed by atoms with Gasteiger partial charge in [-0.1, -0.05) is 6.92 Å². The normalized spacial score (nSPS) is 21.4. The number of hydrogen-bond donors (Lipinski definition) is 1. The molecule has 4 heteroatoms. The Morgan fingerprint density at radius 3 is 2.56 bits per heavy atom. The van der Waals surface area contributed by atoms with Gasteiger partial charge in [0.2, 0.25) is 0 Å². The highest BCUT2D eigenvalue weighted by Gasteiger charge is 2.25. The second-order valence-corrected chi connectivity index (χ2v) is 5.22. The molecule has 1 fully saturated rings. The molecule has 0 radical (unpaired) electrons. The molecule has 0 amide bonds. The molecule has 1 saturated heterocycles. The average molecular weight is 253 g/mol. The molecule has 0 bridgehead atoms. The third-order valence-electron chi connectivity index (χ3n) is 3.68. The molecule has 18 heavy (non-hydrogen) atoms. The summed E-state index contributed by atoms with van der Waals surface area (Å²) in [5.74, 6) is 0. The molecule has 1 atom stereocenters. The first kappa shape index (κ1) is 15.4. The van der Waals surface area contributed by atoms with E-state index in [-0.39, 0.29) is 5.54 Å². The lowest BCUT2D eigenvalue weighted by Gasteiger charge is -2.33. The van der Waals surface area contributed by atoms with Gasteiger partial charge in [-0.05, 0) is 39.7 Å². The maximum atomic E-state index is 9.21. The molecule has 0 spiro atoms. The number of nitrogens with zero attached hydrogens (tertiary/aromatic N) is 2. The molecule has 1 rings (SSSR count). The Labute approximate surface area is 111 Å². The van der Waals surface area contributed by atoms with Gasteiger partial charge in [-0.25, -0.2) is 0 Å². The zero-order chi connectivity index (χ0) is 13.4. The van der Waals surface area contributed by atoms with Gasteiger partial charge >= 0.3 is 0 Å². The van der Waals surface area contributed by atoms with E-state index in [0.717, 1.165) is 52.0 Å². The minimum atomic E-state index is -0.383. The first-order valence-electron chi connectivity index (χ1n) is 7.13. The number of ether oxygens (including phenoxy) is 1. The summed E-state index contributed by atoms with van der Waals surface area (Å²) in [5, 5.41) is 12.5. The maximum absolute atomic E-state index is 9.21. The molecule has 0 saturated carbocycles. The minimum Gasteiger partial charge on any atom is -0.378 e. The largest absolute Gasteiger partial charge is 0.378 e. The maximum Gasteiger partial charge on any atom is 0.105 e. The molecule has 1 N–H and O–H groups in total. The highest BCUT2D eigenvalue weighted by atomic mass is 16.5. The van der Waals surface area contributed by atoms with Crippen LogP contribution in [-0.4, -0.2) is 49.3 Å². The van der Waals surface area contributed by atoms with Gasteiger partial charge in [-0.3, -0.25) is 5.32 Å². The summed E-state index contributed by atoms with van der Waals surface area (Å²) in [4.78, 5) is 2.45. The van der Waals surface area contributed by atoms with Crippen molar-refractivity contribution in [2.24, 2.45) is 0 Å². The van der Waals surface area contributed by atoms with Crippen LogP contribution in [0.25, 0.3) is 0 Å². The van der Waals surface area contributed by atoms with Crippen LogP contribution in [0.4, 0.5) is 0 Å². The molecule has 1 unspecified atom stereocenters. The molecule has 104 valence electrons. The van der Waals surface area contributed by atoms with Crippen LogP contribution in [0.15, 0.2) is 0 Å². The van der Waals surface area contributed by atoms with E-state index < -0.39 is 0 Å². The van der Waals surface area contributed by atoms with Gasteiger partial charge < -0.3 is 9.64 Å². The Hall–Kier alpha value is -0.630. The number of nitrogens with one attached hydrogen (secondary N) is 1. The molecular formula is C14H27N3O. The lowest BCUT2D eigenvalue weighted by Crippen LogP contribution is -2.45. The quantitative estimate of drug-likeness (QED) is 0.751. The van der Waals surface area contributed by atoms with E-state index in [1.54, 1.807) is 0 Å². The van der Waals surface area contributed by atoms with Gasteiger partial charge in [0.05, 0.1) is 12.2 Å². The van der Waals surface area contributed by atoms with Crippen molar-refractivity contribution >= 4 is 0 Å². The predicted octanol–water partition coefficient (Wildman–Crippen LogP) is 1.77. The van der Waals surface area contributed by atoms with Crippen LogP contribution in [0.2, 0.25) is 0 Å². The number of piperidine rings is 1. The summed E-state index contributed by atoms with van der Waals surface area (Å²) >= 11 is 0. The average Bonchev–Trinajstić information content (AvgIpc) is 2.39. The van der Waals surface area contributed by atoms with Crippen molar-refractivity contribution in [3.05, 3.63) is 0 Å². The topological polar surface area (TPSA) is 48.3 Å². The second-order valence-electron chi connectivity index (χ2n) is 5.22. The first-order chi connectivity index (χ1) is 8.63. The Morgan fingerprint density at radius 2 is 2.06 bits per heavy atom. The van der Waals surface area contributed by atoms with Crippen LogP contribution >= 0.6 is 0 Å². The third kappa shape index (κ3) is 4.93. The zero-order valence-electron chi connectivity index (χ0n) is 12.0. The lowest BCUT2D eigenvalue weighted by atomic mass is 9.98. The molecule has 0 aliphatic carbocycles. The van der Waals surface area contributed by atoms with Gasteiger partial charge in [0, 0.05) is 26.2 Å². The van der Waals surface area contributed by atoms with Gasteiger partial charge in [0.25, 0.3) is 0 Å². The number of hydrogen-bond acceptors (Lipinski definition) is 4. The fraction of sp³-hybridized carbons (Fsp3) is 0.929. The highest BCUT2D eigenvalue weighted by Crippen LogP contribution is 2.16. The van der Waals surface area contributed by atoms with E-state index in [1.165, 1.54) is 0 Å². The van der Waals surface area contributed by atoms with Crippen LogP contribution in [0.3, 0.4) is 0 Å². The fourth-order valence-electron chi connectivity index (χ4n) is 2.49. The summed E-state index contributed by atoms with van der Waals surface area (Å²) in [7, 11) is 0. The Morgan fingerprint density at radius 1 is 1.39 bits per heavy atom. The predicted molar refractivity (Wildman–Crippen MR) is 73.4 cm³/mol. The van der Waals surface area contributed by atoms with Crippen molar-refractivity contribution in [1.82, 2.24) is 10.2 Å². The van der Waals surface area contributed by atoms with Crippen molar-refractivity contribution in [3.63, 3.8) is 0 Å². The van der Waals surface area contributed by atoms with Crippen LogP contribution in [0.5, 0.6) is 0 Å². The molecule has 0 aromatic rings. The van der Waals surface area contributed by atoms with Gasteiger partial charge in [0.1, 0.15) is 5.54 Å². The van der Waals surface area contributed by atoms with E-state index in [0.29, 0.717) is 6.10 Å². The molecule has 4 nitrogen and oxygen atoms in total. The van der Waals surface area contributed by atoms with Crippen molar-refractivity contribution in [3.8, 4) is 6.07 Å². The SMILES string of the molecule is CCNC(C)(C#N)CCN1CCC(OCC)CC1. The number of nitriles is 1. The smallest absolute Gasteiger partial charge is 0.105 e. The van der Waals surface area contributed by atoms with E-state index >= 15 is 0 Å². The van der Waals surface area contributed by atoms with Crippen LogP contribution in [-0.2, 0) is 4.74 Å². The standard InChI is InChI=1S/C14H27N3O/c1-4-16-14(3,12-15)8-11-17-9-6-13(7-10-17)18-5-2/h13,16H,4-11H2,1-3H3. The van der Waals surface area contributed by atoms with Crippen molar-refractivity contribution in [1.29, 1.82) is 5.26 Å². The van der Waals surface area contributed by atoms with E-state index in [4.69, 9.17) is 4.74 Å². The monoisotopic (exact) mass is 253 g/mol. The minimum absolute atomic E-state index is 0.383. The van der Waals surface area contributed by atoms with Crippen LogP contribution < -0.4 is 5.32 Å². The van der Waals surface area contributed by atoms with Gasteiger partial charge in [0.15, 0.2) is 0 Å². The van der Waals surface area contributed by atoms with E-state index in [1.807, 2.05) is 13.8 Å². The Bertz CT molecular complexity index is 269. The van der Waals surface area contributed by atoms with Crippen LogP contribution in [0, 0.1) is 11.3 Å². The van der Waals surface area contributed by atoms with Gasteiger partial charge in [-0.15, -0.1) is 0 Å². The summed E-state index contributed by atoms with van der Waals surface area (Å²) in [5.41, 5.74) is -0.383. The summed E-state index contributed by atoms with van der Waals surface area (Å²) < 4.78 is 5.64. The Kier molecular flexibility index (Phi) is 6.62. The zero-order valence-corrected chi connectivity index (χ0v) is 12.0. The van der Waals surface area contributed by atoms with Crippen molar-refractivity contribution in [2.45, 2.75) is 51.7 Å². The Balaban J connectivity index is 2.27. The number of likely N-dealkylation sites (tertiary alicyclic amines) is 1. The highest BCUT2D eigenvalue weighted by molar-refractivity contribution is 5.03. The van der Waals surface area contributed by atoms with E-state index in [9.17, 15) is 5.26 Å². The molecule has 0 aromatic heterocycles. The lowest BCUT2D eigenvalue weighted by molar-refractivity contribution is 0.0132. The third-order valence-corrected chi connectivity index (χ3v) is 3.68. The molecule has 1 heterocycles. The summed E-state index contributed by atoms with van der Waals surface area (Å²) in [6.45, 7) is 10.9. The molecule has 1 aliphatic rings. The van der Waals surface area contributed by atoms with E-state index in [2.05, 4.69) is 23.2 Å². The van der Waals surface area contributed by atoms with Crippen molar-refractivity contribution < 1.29 is 4.74 Å². The van der Waals surface area contributed by atoms with Gasteiger partial charge in [-0.2, -0.15) is 5.26 Å². The molecule has 1 aliphatic heterocycles. The van der Waals surface area contributed by atoms with Crippen LogP contribution in [0.1, 0.15) is 40.0 Å². The summed E-state index contributed by atoms with van der Waals surface area (Å²) in [6, 6.07) is 2.39. The van der Waals surface area contributed by atoms with Crippen molar-refractivity contribution in [2.75, 3.05) is 32.8 Å².